The van der Waals surface area contributed by atoms with Crippen LogP contribution in [-0.4, -0.2) is 43.8 Å². The lowest BCUT2D eigenvalue weighted by molar-refractivity contribution is -0.137. The Bertz CT molecular complexity index is 391. The lowest BCUT2D eigenvalue weighted by Gasteiger charge is -2.20. The summed E-state index contributed by atoms with van der Waals surface area (Å²) in [5.41, 5.74) is 0. The number of aliphatic carboxylic acids is 1. The van der Waals surface area contributed by atoms with Crippen molar-refractivity contribution in [1.29, 1.82) is 0 Å². The Labute approximate surface area is 103 Å². The van der Waals surface area contributed by atoms with Crippen LogP contribution in [0.15, 0.2) is 0 Å². The van der Waals surface area contributed by atoms with Crippen molar-refractivity contribution in [2.45, 2.75) is 32.9 Å². The highest BCUT2D eigenvalue weighted by molar-refractivity contribution is 5.75. The fourth-order valence-electron chi connectivity index (χ4n) is 1.28. The first-order valence-corrected chi connectivity index (χ1v) is 5.47. The van der Waals surface area contributed by atoms with Crippen molar-refractivity contribution < 1.29 is 14.7 Å². The van der Waals surface area contributed by atoms with E-state index in [0.717, 1.165) is 0 Å². The highest BCUT2D eigenvalue weighted by atomic mass is 16.4. The fraction of sp³-hybridized carbons (Fsp3) is 0.667. The Morgan fingerprint density at radius 2 is 2.17 bits per heavy atom. The number of hydrogen-bond donors (Lipinski definition) is 4. The molecule has 0 bridgehead atoms. The summed E-state index contributed by atoms with van der Waals surface area (Å²) in [6, 6.07) is -0.882. The van der Waals surface area contributed by atoms with Crippen LogP contribution in [0.25, 0.3) is 0 Å². The highest BCUT2D eigenvalue weighted by Crippen LogP contribution is 2.05. The second-order valence-electron chi connectivity index (χ2n) is 4.10. The molecule has 0 aliphatic rings. The summed E-state index contributed by atoms with van der Waals surface area (Å²) in [7, 11) is 0. The van der Waals surface area contributed by atoms with E-state index in [9.17, 15) is 9.59 Å². The number of nitrogens with zero attached hydrogens (tertiary/aromatic N) is 3. The third kappa shape index (κ3) is 4.76. The molecule has 0 aromatic carbocycles. The molecule has 0 fully saturated rings. The smallest absolute Gasteiger partial charge is 0.315 e. The van der Waals surface area contributed by atoms with Crippen LogP contribution >= 0.6 is 0 Å². The molecular weight excluding hydrogens is 240 g/mol. The standard InChI is InChI=1S/C9H16N6O3/c1-5(2)6(3-8(16)17)11-9(18)10-4-7-12-14-15-13-7/h5-6H,3-4H2,1-2H3,(H,16,17)(H2,10,11,18)(H,12,13,14,15). The monoisotopic (exact) mass is 256 g/mol. The van der Waals surface area contributed by atoms with E-state index in [4.69, 9.17) is 5.11 Å². The minimum absolute atomic E-state index is 0.0250. The van der Waals surface area contributed by atoms with Crippen molar-refractivity contribution in [2.24, 2.45) is 5.92 Å². The fourth-order valence-corrected chi connectivity index (χ4v) is 1.28. The Morgan fingerprint density at radius 3 is 2.67 bits per heavy atom. The van der Waals surface area contributed by atoms with Gasteiger partial charge >= 0.3 is 12.0 Å². The first-order chi connectivity index (χ1) is 8.49. The highest BCUT2D eigenvalue weighted by Gasteiger charge is 2.19. The van der Waals surface area contributed by atoms with Gasteiger partial charge in [0.2, 0.25) is 0 Å². The Kier molecular flexibility index (Phi) is 5.03. The Balaban J connectivity index is 2.38. The lowest BCUT2D eigenvalue weighted by atomic mass is 10.0. The van der Waals surface area contributed by atoms with Gasteiger partial charge in [0.1, 0.15) is 0 Å². The summed E-state index contributed by atoms with van der Waals surface area (Å²) in [6.07, 6.45) is -0.118. The van der Waals surface area contributed by atoms with Gasteiger partial charge in [-0.2, -0.15) is 5.21 Å². The van der Waals surface area contributed by atoms with E-state index in [1.165, 1.54) is 0 Å². The Morgan fingerprint density at radius 1 is 1.44 bits per heavy atom. The zero-order chi connectivity index (χ0) is 13.5. The van der Waals surface area contributed by atoms with Crippen LogP contribution in [0.3, 0.4) is 0 Å². The van der Waals surface area contributed by atoms with Crippen molar-refractivity contribution in [3.8, 4) is 0 Å². The van der Waals surface area contributed by atoms with Gasteiger partial charge in [0, 0.05) is 6.04 Å². The van der Waals surface area contributed by atoms with Crippen molar-refractivity contribution in [2.75, 3.05) is 0 Å². The average Bonchev–Trinajstić information content (AvgIpc) is 2.77. The van der Waals surface area contributed by atoms with Crippen LogP contribution in [0.2, 0.25) is 0 Å². The van der Waals surface area contributed by atoms with Crippen LogP contribution < -0.4 is 10.6 Å². The summed E-state index contributed by atoms with van der Waals surface area (Å²) in [6.45, 7) is 3.81. The molecule has 0 saturated heterocycles. The zero-order valence-electron chi connectivity index (χ0n) is 10.2. The number of amides is 2. The molecule has 1 atom stereocenters. The molecule has 0 aliphatic heterocycles. The molecule has 9 heteroatoms. The molecule has 9 nitrogen and oxygen atoms in total. The molecule has 1 unspecified atom stereocenters. The largest absolute Gasteiger partial charge is 0.481 e. The van der Waals surface area contributed by atoms with Crippen molar-refractivity contribution >= 4 is 12.0 Å². The summed E-state index contributed by atoms with van der Waals surface area (Å²) in [5.74, 6) is -0.575. The van der Waals surface area contributed by atoms with Gasteiger partial charge in [-0.25, -0.2) is 4.79 Å². The minimum Gasteiger partial charge on any atom is -0.481 e. The van der Waals surface area contributed by atoms with Gasteiger partial charge in [-0.3, -0.25) is 4.79 Å². The molecule has 1 rings (SSSR count). The van der Waals surface area contributed by atoms with Crippen molar-refractivity contribution in [1.82, 2.24) is 31.3 Å². The topological polar surface area (TPSA) is 133 Å². The minimum atomic E-state index is -0.952. The summed E-state index contributed by atoms with van der Waals surface area (Å²) in [4.78, 5) is 22.2. The van der Waals surface area contributed by atoms with Gasteiger partial charge in [0.15, 0.2) is 5.82 Å². The lowest BCUT2D eigenvalue weighted by Crippen LogP contribution is -2.45. The number of aromatic nitrogens is 4. The molecule has 1 aromatic heterocycles. The number of hydrogen-bond acceptors (Lipinski definition) is 5. The first-order valence-electron chi connectivity index (χ1n) is 5.47. The normalized spacial score (nSPS) is 12.2. The van der Waals surface area contributed by atoms with E-state index in [1.54, 1.807) is 0 Å². The van der Waals surface area contributed by atoms with E-state index < -0.39 is 18.0 Å². The number of carboxylic acid groups (broad SMARTS) is 1. The van der Waals surface area contributed by atoms with Crippen LogP contribution in [0.4, 0.5) is 4.79 Å². The van der Waals surface area contributed by atoms with Gasteiger partial charge < -0.3 is 15.7 Å². The predicted molar refractivity (Wildman–Crippen MR) is 60.4 cm³/mol. The molecule has 0 saturated carbocycles. The van der Waals surface area contributed by atoms with Crippen LogP contribution in [-0.2, 0) is 11.3 Å². The van der Waals surface area contributed by atoms with Gasteiger partial charge in [-0.05, 0) is 5.92 Å². The molecule has 100 valence electrons. The maximum Gasteiger partial charge on any atom is 0.315 e. The van der Waals surface area contributed by atoms with E-state index in [2.05, 4.69) is 31.3 Å². The summed E-state index contributed by atoms with van der Waals surface area (Å²) >= 11 is 0. The molecule has 2 amide bonds. The molecule has 1 heterocycles. The van der Waals surface area contributed by atoms with Crippen LogP contribution in [0.1, 0.15) is 26.1 Å². The number of carbonyl (C=O) groups excluding carboxylic acids is 1. The second-order valence-corrected chi connectivity index (χ2v) is 4.10. The quantitative estimate of drug-likeness (QED) is 0.542. The molecular formula is C9H16N6O3. The summed E-state index contributed by atoms with van der Waals surface area (Å²) in [5, 5.41) is 26.8. The number of H-pyrrole nitrogens is 1. The first kappa shape index (κ1) is 13.9. The van der Waals surface area contributed by atoms with E-state index in [0.29, 0.717) is 5.82 Å². The van der Waals surface area contributed by atoms with Crippen LogP contribution in [0.5, 0.6) is 0 Å². The molecule has 1 aromatic rings. The second kappa shape index (κ2) is 6.52. The number of urea groups is 1. The number of rotatable bonds is 6. The molecule has 18 heavy (non-hydrogen) atoms. The number of tetrazole rings is 1. The molecule has 0 aliphatic carbocycles. The zero-order valence-corrected chi connectivity index (χ0v) is 10.2. The van der Waals surface area contributed by atoms with Crippen LogP contribution in [0, 0.1) is 5.92 Å². The number of nitrogens with one attached hydrogen (secondary N) is 3. The van der Waals surface area contributed by atoms with E-state index >= 15 is 0 Å². The van der Waals surface area contributed by atoms with Crippen molar-refractivity contribution in [3.63, 3.8) is 0 Å². The van der Waals surface area contributed by atoms with Gasteiger partial charge in [0.05, 0.1) is 13.0 Å². The molecule has 0 radical (unpaired) electrons. The maximum absolute atomic E-state index is 11.5. The number of aromatic amines is 1. The maximum atomic E-state index is 11.5. The Hall–Kier alpha value is -2.19. The number of carboxylic acids is 1. The van der Waals surface area contributed by atoms with Gasteiger partial charge in [-0.15, -0.1) is 10.2 Å². The third-order valence-electron chi connectivity index (χ3n) is 2.31. The van der Waals surface area contributed by atoms with Gasteiger partial charge in [0.25, 0.3) is 0 Å². The van der Waals surface area contributed by atoms with E-state index in [-0.39, 0.29) is 18.9 Å². The van der Waals surface area contributed by atoms with Gasteiger partial charge in [-0.1, -0.05) is 19.1 Å². The average molecular weight is 256 g/mol. The summed E-state index contributed by atoms with van der Waals surface area (Å²) < 4.78 is 0. The van der Waals surface area contributed by atoms with E-state index in [1.807, 2.05) is 13.8 Å². The number of carbonyl (C=O) groups is 2. The molecule has 0 spiro atoms. The van der Waals surface area contributed by atoms with Crippen molar-refractivity contribution in [3.05, 3.63) is 5.82 Å². The SMILES string of the molecule is CC(C)C(CC(=O)O)NC(=O)NCc1nn[nH]n1. The predicted octanol–water partition coefficient (Wildman–Crippen LogP) is -0.502. The molecule has 4 N–H and O–H groups in total. The third-order valence-corrected chi connectivity index (χ3v) is 2.31.